The van der Waals surface area contributed by atoms with Crippen LogP contribution in [-0.4, -0.2) is 16.2 Å². The summed E-state index contributed by atoms with van der Waals surface area (Å²) in [6.07, 6.45) is 1.93. The van der Waals surface area contributed by atoms with Crippen molar-refractivity contribution in [2.45, 2.75) is 33.2 Å². The predicted molar refractivity (Wildman–Crippen MR) is 97.7 cm³/mol. The van der Waals surface area contributed by atoms with Gasteiger partial charge in [0.25, 0.3) is 0 Å². The lowest BCUT2D eigenvalue weighted by atomic mass is 10.2. The average Bonchev–Trinajstić information content (AvgIpc) is 2.91. The summed E-state index contributed by atoms with van der Waals surface area (Å²) in [5.74, 6) is 2.09. The molecular formula is C19H23ClN2O. The molecule has 2 aromatic carbocycles. The summed E-state index contributed by atoms with van der Waals surface area (Å²) < 4.78 is 8.12. The third-order valence-electron chi connectivity index (χ3n) is 3.87. The zero-order chi connectivity index (χ0) is 15.4. The molecule has 4 heteroatoms. The Hall–Kier alpha value is -2.00. The van der Waals surface area contributed by atoms with E-state index in [2.05, 4.69) is 48.7 Å². The lowest BCUT2D eigenvalue weighted by Gasteiger charge is -2.09. The maximum atomic E-state index is 5.81. The molecule has 122 valence electrons. The number of aromatic nitrogens is 2. The van der Waals surface area contributed by atoms with Crippen molar-refractivity contribution in [3.05, 3.63) is 59.9 Å². The van der Waals surface area contributed by atoms with Crippen molar-refractivity contribution in [2.24, 2.45) is 0 Å². The lowest BCUT2D eigenvalue weighted by Crippen LogP contribution is -2.07. The van der Waals surface area contributed by atoms with Crippen LogP contribution in [-0.2, 0) is 13.0 Å². The van der Waals surface area contributed by atoms with E-state index in [9.17, 15) is 0 Å². The van der Waals surface area contributed by atoms with Gasteiger partial charge in [-0.1, -0.05) is 36.8 Å². The Balaban J connectivity index is 0.00000192. The summed E-state index contributed by atoms with van der Waals surface area (Å²) in [5.41, 5.74) is 3.55. The van der Waals surface area contributed by atoms with Crippen molar-refractivity contribution in [2.75, 3.05) is 6.61 Å². The van der Waals surface area contributed by atoms with Crippen LogP contribution >= 0.6 is 12.4 Å². The first-order valence-electron chi connectivity index (χ1n) is 7.91. The molecule has 0 atom stereocenters. The molecular weight excluding hydrogens is 308 g/mol. The monoisotopic (exact) mass is 330 g/mol. The van der Waals surface area contributed by atoms with Crippen molar-refractivity contribution in [1.82, 2.24) is 9.55 Å². The third-order valence-corrected chi connectivity index (χ3v) is 3.87. The summed E-state index contributed by atoms with van der Waals surface area (Å²) >= 11 is 0. The van der Waals surface area contributed by atoms with Gasteiger partial charge in [0.2, 0.25) is 0 Å². The Kier molecular flexibility index (Phi) is 6.05. The number of para-hydroxylation sites is 2. The number of nitrogens with zero attached hydrogens (tertiary/aromatic N) is 2. The highest BCUT2D eigenvalue weighted by Crippen LogP contribution is 2.17. The lowest BCUT2D eigenvalue weighted by molar-refractivity contribution is 0.302. The van der Waals surface area contributed by atoms with Gasteiger partial charge in [-0.25, -0.2) is 4.98 Å². The molecule has 0 aliphatic heterocycles. The first-order chi connectivity index (χ1) is 10.8. The van der Waals surface area contributed by atoms with Crippen molar-refractivity contribution >= 4 is 23.4 Å². The third kappa shape index (κ3) is 4.05. The molecule has 0 bridgehead atoms. The van der Waals surface area contributed by atoms with E-state index in [-0.39, 0.29) is 12.4 Å². The maximum absolute atomic E-state index is 5.81. The highest BCUT2D eigenvalue weighted by atomic mass is 35.5. The highest BCUT2D eigenvalue weighted by Gasteiger charge is 2.08. The van der Waals surface area contributed by atoms with Crippen LogP contribution in [0, 0.1) is 6.92 Å². The van der Waals surface area contributed by atoms with Gasteiger partial charge in [-0.15, -0.1) is 12.4 Å². The number of imidazole rings is 1. The fourth-order valence-corrected chi connectivity index (χ4v) is 2.69. The van der Waals surface area contributed by atoms with Crippen molar-refractivity contribution in [1.29, 1.82) is 0 Å². The summed E-state index contributed by atoms with van der Waals surface area (Å²) in [5, 5.41) is 0. The Morgan fingerprint density at radius 3 is 2.52 bits per heavy atom. The normalized spacial score (nSPS) is 10.5. The van der Waals surface area contributed by atoms with Crippen LogP contribution in [0.1, 0.15) is 24.7 Å². The van der Waals surface area contributed by atoms with E-state index in [0.717, 1.165) is 43.1 Å². The molecule has 23 heavy (non-hydrogen) atoms. The van der Waals surface area contributed by atoms with Crippen LogP contribution in [0.15, 0.2) is 48.5 Å². The number of fused-ring (bicyclic) bond motifs is 1. The van der Waals surface area contributed by atoms with Gasteiger partial charge in [0.1, 0.15) is 11.6 Å². The summed E-state index contributed by atoms with van der Waals surface area (Å²) in [6, 6.07) is 16.5. The average molecular weight is 331 g/mol. The molecule has 3 nitrogen and oxygen atoms in total. The molecule has 0 radical (unpaired) electrons. The number of aryl methyl sites for hydroxylation is 3. The molecule has 3 rings (SSSR count). The van der Waals surface area contributed by atoms with Crippen molar-refractivity contribution < 1.29 is 4.74 Å². The number of hydrogen-bond donors (Lipinski definition) is 0. The van der Waals surface area contributed by atoms with Crippen LogP contribution in [0.4, 0.5) is 0 Å². The summed E-state index contributed by atoms with van der Waals surface area (Å²) in [6.45, 7) is 5.90. The molecule has 1 heterocycles. The second kappa shape index (κ2) is 8.02. The van der Waals surface area contributed by atoms with Gasteiger partial charge in [0.15, 0.2) is 0 Å². The van der Waals surface area contributed by atoms with E-state index in [0.29, 0.717) is 0 Å². The topological polar surface area (TPSA) is 27.1 Å². The number of hydrogen-bond acceptors (Lipinski definition) is 2. The van der Waals surface area contributed by atoms with E-state index in [1.807, 2.05) is 18.2 Å². The molecule has 0 aliphatic carbocycles. The number of rotatable bonds is 6. The molecule has 0 saturated carbocycles. The van der Waals surface area contributed by atoms with Crippen LogP contribution < -0.4 is 4.74 Å². The van der Waals surface area contributed by atoms with Gasteiger partial charge in [-0.3, -0.25) is 0 Å². The van der Waals surface area contributed by atoms with Crippen molar-refractivity contribution in [3.8, 4) is 5.75 Å². The zero-order valence-electron chi connectivity index (χ0n) is 13.7. The minimum Gasteiger partial charge on any atom is -0.494 e. The van der Waals surface area contributed by atoms with E-state index in [4.69, 9.17) is 9.72 Å². The van der Waals surface area contributed by atoms with Gasteiger partial charge in [-0.05, 0) is 37.6 Å². The Morgan fingerprint density at radius 2 is 1.78 bits per heavy atom. The number of ether oxygens (including phenoxy) is 1. The molecule has 0 N–H and O–H groups in total. The van der Waals surface area contributed by atoms with Gasteiger partial charge in [0.05, 0.1) is 17.6 Å². The van der Waals surface area contributed by atoms with Gasteiger partial charge >= 0.3 is 0 Å². The minimum atomic E-state index is 0. The zero-order valence-corrected chi connectivity index (χ0v) is 14.5. The van der Waals surface area contributed by atoms with Crippen LogP contribution in [0.5, 0.6) is 5.75 Å². The van der Waals surface area contributed by atoms with E-state index in [1.54, 1.807) is 0 Å². The van der Waals surface area contributed by atoms with Gasteiger partial charge < -0.3 is 9.30 Å². The molecule has 0 aliphatic rings. The molecule has 0 saturated heterocycles. The fourth-order valence-electron chi connectivity index (χ4n) is 2.69. The van der Waals surface area contributed by atoms with Gasteiger partial charge in [0, 0.05) is 13.0 Å². The second-order valence-electron chi connectivity index (χ2n) is 5.54. The Morgan fingerprint density at radius 1 is 1.04 bits per heavy atom. The van der Waals surface area contributed by atoms with E-state index >= 15 is 0 Å². The summed E-state index contributed by atoms with van der Waals surface area (Å²) in [7, 11) is 0. The minimum absolute atomic E-state index is 0. The number of benzene rings is 2. The van der Waals surface area contributed by atoms with Gasteiger partial charge in [-0.2, -0.15) is 0 Å². The largest absolute Gasteiger partial charge is 0.494 e. The molecule has 1 aromatic heterocycles. The second-order valence-corrected chi connectivity index (χ2v) is 5.54. The maximum Gasteiger partial charge on any atom is 0.119 e. The molecule has 0 unspecified atom stereocenters. The molecule has 0 fully saturated rings. The first kappa shape index (κ1) is 17.4. The Labute approximate surface area is 143 Å². The molecule has 0 amide bonds. The molecule has 3 aromatic rings. The van der Waals surface area contributed by atoms with Crippen LogP contribution in [0.2, 0.25) is 0 Å². The molecule has 0 spiro atoms. The highest BCUT2D eigenvalue weighted by molar-refractivity contribution is 5.85. The number of halogens is 1. The standard InChI is InChI=1S/C19H22N2O.ClH/c1-3-19-20-17-7-4-5-8-18(17)21(19)13-6-14-22-16-11-9-15(2)10-12-16;/h4-5,7-12H,3,6,13-14H2,1-2H3;1H. The predicted octanol–water partition coefficient (Wildman–Crippen LogP) is 4.80. The smallest absolute Gasteiger partial charge is 0.119 e. The van der Waals surface area contributed by atoms with Crippen molar-refractivity contribution in [3.63, 3.8) is 0 Å². The van der Waals surface area contributed by atoms with E-state index < -0.39 is 0 Å². The SMILES string of the molecule is CCc1nc2ccccc2n1CCCOc1ccc(C)cc1.Cl. The first-order valence-corrected chi connectivity index (χ1v) is 7.91. The van der Waals surface area contributed by atoms with E-state index in [1.165, 1.54) is 11.1 Å². The van der Waals surface area contributed by atoms with Crippen LogP contribution in [0.25, 0.3) is 11.0 Å². The van der Waals surface area contributed by atoms with Crippen LogP contribution in [0.3, 0.4) is 0 Å². The Bertz CT molecular complexity index is 750. The fraction of sp³-hybridized carbons (Fsp3) is 0.316. The summed E-state index contributed by atoms with van der Waals surface area (Å²) in [4.78, 5) is 4.70. The quantitative estimate of drug-likeness (QED) is 0.607.